The van der Waals surface area contributed by atoms with Gasteiger partial charge in [-0.3, -0.25) is 24.6 Å². The molecule has 3 aromatic carbocycles. The van der Waals surface area contributed by atoms with E-state index < -0.39 is 4.92 Å². The van der Waals surface area contributed by atoms with E-state index in [0.717, 1.165) is 42.4 Å². The number of imide groups is 1. The third kappa shape index (κ3) is 4.21. The second kappa shape index (κ2) is 9.77. The summed E-state index contributed by atoms with van der Waals surface area (Å²) in [5.41, 5.74) is 2.69. The van der Waals surface area contributed by atoms with Crippen molar-refractivity contribution in [2.24, 2.45) is 4.99 Å². The lowest BCUT2D eigenvalue weighted by atomic mass is 9.92. The van der Waals surface area contributed by atoms with E-state index in [1.807, 2.05) is 29.2 Å². The monoisotopic (exact) mass is 513 g/mol. The number of amides is 2. The minimum atomic E-state index is -0.463. The molecule has 0 bridgehead atoms. The molecule has 2 saturated heterocycles. The molecule has 2 fully saturated rings. The number of aliphatic imine (C=N–C) groups is 1. The van der Waals surface area contributed by atoms with Crippen LogP contribution in [0.1, 0.15) is 40.0 Å². The van der Waals surface area contributed by atoms with Crippen LogP contribution >= 0.6 is 0 Å². The van der Waals surface area contributed by atoms with Crippen LogP contribution in [-0.4, -0.2) is 71.9 Å². The Morgan fingerprint density at radius 1 is 0.868 bits per heavy atom. The van der Waals surface area contributed by atoms with Gasteiger partial charge in [0.25, 0.3) is 23.5 Å². The maximum Gasteiger partial charge on any atom is 0.292 e. The van der Waals surface area contributed by atoms with Crippen molar-refractivity contribution in [1.29, 1.82) is 0 Å². The molecule has 3 aliphatic heterocycles. The number of nitrogens with zero attached hydrogens (tertiary/aromatic N) is 5. The van der Waals surface area contributed by atoms with Gasteiger partial charge in [-0.25, -0.2) is 0 Å². The molecule has 38 heavy (non-hydrogen) atoms. The second-order valence-corrected chi connectivity index (χ2v) is 9.67. The van der Waals surface area contributed by atoms with Crippen LogP contribution in [-0.2, 0) is 4.74 Å². The number of nitro benzene ring substituents is 1. The molecule has 0 spiro atoms. The van der Waals surface area contributed by atoms with Gasteiger partial charge in [0.05, 0.1) is 17.2 Å². The van der Waals surface area contributed by atoms with Crippen LogP contribution in [0.5, 0.6) is 0 Å². The van der Waals surface area contributed by atoms with E-state index in [4.69, 9.17) is 4.74 Å². The zero-order valence-electron chi connectivity index (χ0n) is 20.8. The van der Waals surface area contributed by atoms with Gasteiger partial charge >= 0.3 is 0 Å². The van der Waals surface area contributed by atoms with E-state index >= 15 is 0 Å². The van der Waals surface area contributed by atoms with E-state index in [0.29, 0.717) is 42.5 Å². The third-order valence-electron chi connectivity index (χ3n) is 7.41. The fourth-order valence-electron chi connectivity index (χ4n) is 5.47. The lowest BCUT2D eigenvalue weighted by molar-refractivity contribution is -0.384. The van der Waals surface area contributed by atoms with Gasteiger partial charge in [-0.1, -0.05) is 12.1 Å². The zero-order valence-corrected chi connectivity index (χ0v) is 20.8. The normalized spacial score (nSPS) is 18.4. The molecule has 194 valence electrons. The van der Waals surface area contributed by atoms with Crippen molar-refractivity contribution >= 4 is 45.7 Å². The van der Waals surface area contributed by atoms with Crippen LogP contribution in [0.3, 0.4) is 0 Å². The smallest absolute Gasteiger partial charge is 0.292 e. The van der Waals surface area contributed by atoms with Crippen molar-refractivity contribution in [2.75, 3.05) is 44.2 Å². The summed E-state index contributed by atoms with van der Waals surface area (Å²) in [7, 11) is 0. The molecule has 10 nitrogen and oxygen atoms in total. The fraction of sp³-hybridized carbons (Fsp3) is 0.321. The lowest BCUT2D eigenvalue weighted by Gasteiger charge is -2.33. The summed E-state index contributed by atoms with van der Waals surface area (Å²) < 4.78 is 5.66. The Morgan fingerprint density at radius 2 is 1.61 bits per heavy atom. The second-order valence-electron chi connectivity index (χ2n) is 9.67. The van der Waals surface area contributed by atoms with E-state index in [1.165, 1.54) is 23.5 Å². The summed E-state index contributed by atoms with van der Waals surface area (Å²) in [4.78, 5) is 47.5. The number of carbonyl (C=O) groups excluding carboxylic acids is 2. The molecule has 0 N–H and O–H groups in total. The minimum absolute atomic E-state index is 0.0152. The Labute approximate surface area is 219 Å². The summed E-state index contributed by atoms with van der Waals surface area (Å²) in [5.74, 6) is -0.587. The number of amidine groups is 1. The molecule has 3 aromatic rings. The molecule has 6 rings (SSSR count). The highest BCUT2D eigenvalue weighted by molar-refractivity contribution is 6.26. The Hall–Kier alpha value is -4.47. The van der Waals surface area contributed by atoms with Crippen LogP contribution in [0.15, 0.2) is 59.6 Å². The van der Waals surface area contributed by atoms with Gasteiger partial charge in [-0.15, -0.1) is 0 Å². The predicted molar refractivity (Wildman–Crippen MR) is 143 cm³/mol. The number of carbonyl (C=O) groups is 2. The number of rotatable bonds is 6. The number of ether oxygens (including phenoxy) is 1. The van der Waals surface area contributed by atoms with E-state index in [9.17, 15) is 19.7 Å². The molecule has 0 saturated carbocycles. The first-order valence-electron chi connectivity index (χ1n) is 12.9. The van der Waals surface area contributed by atoms with Gasteiger partial charge in [-0.05, 0) is 49.6 Å². The Balaban J connectivity index is 1.22. The van der Waals surface area contributed by atoms with Crippen molar-refractivity contribution in [3.63, 3.8) is 0 Å². The lowest BCUT2D eigenvalue weighted by Crippen LogP contribution is -2.45. The maximum absolute atomic E-state index is 13.5. The van der Waals surface area contributed by atoms with Crippen molar-refractivity contribution in [2.45, 2.75) is 19.3 Å². The van der Waals surface area contributed by atoms with Crippen LogP contribution in [0, 0.1) is 10.1 Å². The highest BCUT2D eigenvalue weighted by Crippen LogP contribution is 2.37. The van der Waals surface area contributed by atoms with Crippen molar-refractivity contribution < 1.29 is 19.2 Å². The van der Waals surface area contributed by atoms with Gasteiger partial charge < -0.3 is 14.5 Å². The quantitative estimate of drug-likeness (QED) is 0.274. The van der Waals surface area contributed by atoms with Crippen LogP contribution in [0.4, 0.5) is 17.1 Å². The van der Waals surface area contributed by atoms with Crippen molar-refractivity contribution in [1.82, 2.24) is 9.80 Å². The largest absolute Gasteiger partial charge is 0.463 e. The Kier molecular flexibility index (Phi) is 6.15. The molecule has 3 aliphatic rings. The number of benzene rings is 3. The number of anilines is 1. The number of hydrogen-bond donors (Lipinski definition) is 0. The summed E-state index contributed by atoms with van der Waals surface area (Å²) in [6, 6.07) is 15.8. The van der Waals surface area contributed by atoms with Crippen LogP contribution in [0.25, 0.3) is 10.8 Å². The van der Waals surface area contributed by atoms with Crippen LogP contribution < -0.4 is 4.90 Å². The molecular weight excluding hydrogens is 486 g/mol. The maximum atomic E-state index is 13.5. The summed E-state index contributed by atoms with van der Waals surface area (Å²) in [6.45, 7) is 3.50. The number of non-ortho nitro benzene ring substituents is 1. The first kappa shape index (κ1) is 23.9. The highest BCUT2D eigenvalue weighted by atomic mass is 16.6. The summed E-state index contributed by atoms with van der Waals surface area (Å²) >= 11 is 0. The number of piperidine rings is 1. The molecule has 0 aromatic heterocycles. The Morgan fingerprint density at radius 3 is 2.34 bits per heavy atom. The standard InChI is InChI=1S/C28H27N5O5/c34-26-22-6-4-5-21-24(30-13-2-1-3-14-30)12-11-23(25(21)22)27(35)32(26)16-15-31-17-18-38-28(31)29-19-7-9-20(10-8-19)33(36)37/h4-12H,1-3,13-18H2. The third-order valence-corrected chi connectivity index (χ3v) is 7.41. The molecule has 0 unspecified atom stereocenters. The number of hydrogen-bond acceptors (Lipinski definition) is 7. The fourth-order valence-corrected chi connectivity index (χ4v) is 5.47. The van der Waals surface area contributed by atoms with Gasteiger partial charge in [0.15, 0.2) is 0 Å². The summed E-state index contributed by atoms with van der Waals surface area (Å²) in [5, 5.41) is 12.6. The molecule has 0 atom stereocenters. The van der Waals surface area contributed by atoms with Gasteiger partial charge in [0.1, 0.15) is 6.61 Å². The SMILES string of the molecule is O=C1c2cccc3c(N4CCCCC4)ccc(c23)C(=O)N1CCN1CCOC1=Nc1ccc([N+](=O)[O-])cc1. The Bertz CT molecular complexity index is 1440. The first-order chi connectivity index (χ1) is 18.5. The van der Waals surface area contributed by atoms with Gasteiger partial charge in [-0.2, -0.15) is 4.99 Å². The molecule has 3 heterocycles. The average Bonchev–Trinajstić information content (AvgIpc) is 3.38. The highest BCUT2D eigenvalue weighted by Gasteiger charge is 2.34. The summed E-state index contributed by atoms with van der Waals surface area (Å²) in [6.07, 6.45) is 3.51. The van der Waals surface area contributed by atoms with Crippen molar-refractivity contribution in [3.8, 4) is 0 Å². The molecule has 0 radical (unpaired) electrons. The number of nitro groups is 1. The van der Waals surface area contributed by atoms with Gasteiger partial charge in [0, 0.05) is 65.9 Å². The first-order valence-corrected chi connectivity index (χ1v) is 12.9. The predicted octanol–water partition coefficient (Wildman–Crippen LogP) is 4.35. The van der Waals surface area contributed by atoms with Crippen molar-refractivity contribution in [3.05, 3.63) is 75.8 Å². The van der Waals surface area contributed by atoms with Crippen LogP contribution in [0.2, 0.25) is 0 Å². The molecule has 10 heteroatoms. The van der Waals surface area contributed by atoms with E-state index in [1.54, 1.807) is 18.2 Å². The zero-order chi connectivity index (χ0) is 26.2. The average molecular weight is 514 g/mol. The topological polar surface area (TPSA) is 109 Å². The van der Waals surface area contributed by atoms with Gasteiger partial charge in [0.2, 0.25) is 0 Å². The van der Waals surface area contributed by atoms with E-state index in [2.05, 4.69) is 9.89 Å². The molecular formula is C28H27N5O5. The van der Waals surface area contributed by atoms with E-state index in [-0.39, 0.29) is 24.0 Å². The minimum Gasteiger partial charge on any atom is -0.463 e. The molecule has 2 amide bonds. The molecule has 0 aliphatic carbocycles.